The number of carbonyl (C=O) groups is 2. The summed E-state index contributed by atoms with van der Waals surface area (Å²) in [6, 6.07) is 4.73. The largest absolute Gasteiger partial charge is 0.489 e. The molecule has 6 nitrogen and oxygen atoms in total. The molecule has 140 valence electrons. The van der Waals surface area contributed by atoms with Gasteiger partial charge in [0.15, 0.2) is 0 Å². The number of nitrogens with zero attached hydrogens (tertiary/aromatic N) is 1. The average molecular weight is 365 g/mol. The Bertz CT molecular complexity index is 740. The molecule has 3 heterocycles. The predicted octanol–water partition coefficient (Wildman–Crippen LogP) is 1.40. The number of carbonyl (C=O) groups excluding carboxylic acids is 2. The van der Waals surface area contributed by atoms with E-state index < -0.39 is 17.9 Å². The third-order valence-electron chi connectivity index (χ3n) is 5.35. The van der Waals surface area contributed by atoms with E-state index >= 15 is 0 Å². The smallest absolute Gasteiger partial charge is 0.267 e. The summed E-state index contributed by atoms with van der Waals surface area (Å²) in [5.41, 5.74) is 1.14. The Hall–Kier alpha value is -2.22. The number of hydrogen-bond acceptors (Lipinski definition) is 5. The van der Waals surface area contributed by atoms with Crippen molar-refractivity contribution in [1.82, 2.24) is 10.6 Å². The lowest BCUT2D eigenvalue weighted by molar-refractivity contribution is -0.134. The van der Waals surface area contributed by atoms with Gasteiger partial charge in [0.2, 0.25) is 11.8 Å². The minimum Gasteiger partial charge on any atom is -0.489 e. The molecule has 0 spiro atoms. The van der Waals surface area contributed by atoms with Gasteiger partial charge in [0.25, 0.3) is 5.92 Å². The van der Waals surface area contributed by atoms with E-state index in [0.29, 0.717) is 49.5 Å². The van der Waals surface area contributed by atoms with Crippen LogP contribution < -0.4 is 20.3 Å². The zero-order chi connectivity index (χ0) is 18.3. The minimum atomic E-state index is -2.85. The molecule has 1 aromatic carbocycles. The molecule has 1 aromatic rings. The third-order valence-corrected chi connectivity index (χ3v) is 5.35. The Kier molecular flexibility index (Phi) is 4.30. The summed E-state index contributed by atoms with van der Waals surface area (Å²) in [4.78, 5) is 25.6. The highest BCUT2D eigenvalue weighted by molar-refractivity contribution is 6.01. The SMILES string of the molecule is O=C1CCC(N2CCOc3c(C4CCNCC4(F)F)cccc32)C(=O)N1. The fourth-order valence-electron chi connectivity index (χ4n) is 4.09. The molecule has 26 heavy (non-hydrogen) atoms. The summed E-state index contributed by atoms with van der Waals surface area (Å²) in [6.45, 7) is 0.975. The molecule has 2 saturated heterocycles. The molecule has 2 unspecified atom stereocenters. The van der Waals surface area contributed by atoms with Crippen LogP contribution in [-0.4, -0.2) is 50.0 Å². The number of hydrogen-bond donors (Lipinski definition) is 2. The van der Waals surface area contributed by atoms with Crippen molar-refractivity contribution in [3.8, 4) is 5.75 Å². The van der Waals surface area contributed by atoms with Gasteiger partial charge in [0, 0.05) is 12.0 Å². The van der Waals surface area contributed by atoms with E-state index in [2.05, 4.69) is 10.6 Å². The second-order valence-electron chi connectivity index (χ2n) is 6.98. The van der Waals surface area contributed by atoms with E-state index in [1.54, 1.807) is 18.2 Å². The van der Waals surface area contributed by atoms with Crippen LogP contribution in [0.15, 0.2) is 18.2 Å². The Morgan fingerprint density at radius 2 is 2.08 bits per heavy atom. The zero-order valence-electron chi connectivity index (χ0n) is 14.3. The maximum absolute atomic E-state index is 14.4. The fraction of sp³-hybridized carbons (Fsp3) is 0.556. The summed E-state index contributed by atoms with van der Waals surface area (Å²) in [7, 11) is 0. The van der Waals surface area contributed by atoms with Crippen LogP contribution in [0.3, 0.4) is 0 Å². The Balaban J connectivity index is 1.69. The molecule has 0 bridgehead atoms. The standard InChI is InChI=1S/C18H21F2N3O3/c19-18(20)10-21-7-6-12(18)11-2-1-3-13-16(11)26-9-8-23(13)14-4-5-15(24)22-17(14)25/h1-3,12,14,21H,4-10H2,(H,22,24,25). The number of amides is 2. The van der Waals surface area contributed by atoms with Crippen LogP contribution in [0.4, 0.5) is 14.5 Å². The molecule has 2 N–H and O–H groups in total. The van der Waals surface area contributed by atoms with Crippen molar-refractivity contribution in [2.24, 2.45) is 0 Å². The third kappa shape index (κ3) is 2.92. The first-order valence-electron chi connectivity index (χ1n) is 8.92. The van der Waals surface area contributed by atoms with Crippen LogP contribution in [0, 0.1) is 0 Å². The van der Waals surface area contributed by atoms with Crippen molar-refractivity contribution < 1.29 is 23.1 Å². The molecule has 0 radical (unpaired) electrons. The average Bonchev–Trinajstić information content (AvgIpc) is 2.61. The topological polar surface area (TPSA) is 70.7 Å². The number of para-hydroxylation sites is 1. The van der Waals surface area contributed by atoms with E-state index in [0.717, 1.165) is 0 Å². The Morgan fingerprint density at radius 1 is 1.23 bits per heavy atom. The molecule has 0 saturated carbocycles. The maximum atomic E-state index is 14.4. The second-order valence-corrected chi connectivity index (χ2v) is 6.98. The first kappa shape index (κ1) is 17.2. The first-order valence-corrected chi connectivity index (χ1v) is 8.92. The molecule has 2 atom stereocenters. The van der Waals surface area contributed by atoms with Crippen molar-refractivity contribution in [1.29, 1.82) is 0 Å². The van der Waals surface area contributed by atoms with Gasteiger partial charge in [0.1, 0.15) is 18.4 Å². The Morgan fingerprint density at radius 3 is 2.85 bits per heavy atom. The molecule has 3 aliphatic heterocycles. The molecule has 0 aliphatic carbocycles. The van der Waals surface area contributed by atoms with E-state index in [-0.39, 0.29) is 24.8 Å². The highest BCUT2D eigenvalue weighted by Gasteiger charge is 2.45. The van der Waals surface area contributed by atoms with Gasteiger partial charge in [-0.1, -0.05) is 12.1 Å². The molecule has 2 amide bonds. The second kappa shape index (κ2) is 6.50. The van der Waals surface area contributed by atoms with Gasteiger partial charge in [-0.25, -0.2) is 8.78 Å². The van der Waals surface area contributed by atoms with E-state index in [1.807, 2.05) is 4.90 Å². The van der Waals surface area contributed by atoms with Gasteiger partial charge >= 0.3 is 0 Å². The van der Waals surface area contributed by atoms with Gasteiger partial charge in [-0.3, -0.25) is 14.9 Å². The monoisotopic (exact) mass is 365 g/mol. The van der Waals surface area contributed by atoms with E-state index in [9.17, 15) is 18.4 Å². The molecule has 8 heteroatoms. The van der Waals surface area contributed by atoms with Crippen molar-refractivity contribution in [3.63, 3.8) is 0 Å². The molecule has 0 aromatic heterocycles. The van der Waals surface area contributed by atoms with Gasteiger partial charge in [-0.15, -0.1) is 0 Å². The molecular formula is C18H21F2N3O3. The van der Waals surface area contributed by atoms with Gasteiger partial charge in [-0.2, -0.15) is 0 Å². The van der Waals surface area contributed by atoms with Gasteiger partial charge in [-0.05, 0) is 25.5 Å². The number of halogens is 2. The first-order chi connectivity index (χ1) is 12.5. The molecule has 3 aliphatic rings. The number of rotatable bonds is 2. The number of anilines is 1. The van der Waals surface area contributed by atoms with Crippen LogP contribution in [0.2, 0.25) is 0 Å². The van der Waals surface area contributed by atoms with E-state index in [4.69, 9.17) is 4.74 Å². The molecule has 2 fully saturated rings. The lowest BCUT2D eigenvalue weighted by Gasteiger charge is -2.40. The number of ether oxygens (including phenoxy) is 1. The summed E-state index contributed by atoms with van der Waals surface area (Å²) in [5, 5.41) is 5.10. The quantitative estimate of drug-likeness (QED) is 0.776. The maximum Gasteiger partial charge on any atom is 0.267 e. The summed E-state index contributed by atoms with van der Waals surface area (Å²) < 4.78 is 34.7. The highest BCUT2D eigenvalue weighted by Crippen LogP contribution is 2.46. The van der Waals surface area contributed by atoms with Crippen LogP contribution >= 0.6 is 0 Å². The number of fused-ring (bicyclic) bond motifs is 1. The Labute approximate surface area is 149 Å². The van der Waals surface area contributed by atoms with E-state index in [1.165, 1.54) is 0 Å². The van der Waals surface area contributed by atoms with Crippen LogP contribution in [-0.2, 0) is 9.59 Å². The number of nitrogens with one attached hydrogen (secondary N) is 2. The highest BCUT2D eigenvalue weighted by atomic mass is 19.3. The van der Waals surface area contributed by atoms with Gasteiger partial charge < -0.3 is 15.0 Å². The van der Waals surface area contributed by atoms with Crippen molar-refractivity contribution in [2.45, 2.75) is 37.1 Å². The number of benzene rings is 1. The number of piperidine rings is 2. The fourth-order valence-corrected chi connectivity index (χ4v) is 4.09. The lowest BCUT2D eigenvalue weighted by atomic mass is 9.85. The summed E-state index contributed by atoms with van der Waals surface area (Å²) in [6.07, 6.45) is 1.01. The van der Waals surface area contributed by atoms with Gasteiger partial charge in [0.05, 0.1) is 24.7 Å². The lowest BCUT2D eigenvalue weighted by Crippen LogP contribution is -2.54. The van der Waals surface area contributed by atoms with Crippen LogP contribution in [0.25, 0.3) is 0 Å². The summed E-state index contributed by atoms with van der Waals surface area (Å²) >= 11 is 0. The molecule has 4 rings (SSSR count). The number of imide groups is 1. The predicted molar refractivity (Wildman–Crippen MR) is 90.6 cm³/mol. The normalized spacial score (nSPS) is 28.2. The van der Waals surface area contributed by atoms with Crippen molar-refractivity contribution in [2.75, 3.05) is 31.1 Å². The summed E-state index contributed by atoms with van der Waals surface area (Å²) in [5.74, 6) is -3.95. The zero-order valence-corrected chi connectivity index (χ0v) is 14.3. The van der Waals surface area contributed by atoms with Crippen LogP contribution in [0.1, 0.15) is 30.7 Å². The van der Waals surface area contributed by atoms with Crippen molar-refractivity contribution >= 4 is 17.5 Å². The number of alkyl halides is 2. The minimum absolute atomic E-state index is 0.273. The van der Waals surface area contributed by atoms with Crippen LogP contribution in [0.5, 0.6) is 5.75 Å². The van der Waals surface area contributed by atoms with Crippen molar-refractivity contribution in [3.05, 3.63) is 23.8 Å². The molecular weight excluding hydrogens is 344 g/mol.